The van der Waals surface area contributed by atoms with Gasteiger partial charge in [-0.25, -0.2) is 4.98 Å². The van der Waals surface area contributed by atoms with E-state index >= 15 is 0 Å². The van der Waals surface area contributed by atoms with Crippen LogP contribution in [-0.4, -0.2) is 4.98 Å². The minimum absolute atomic E-state index is 0.586. The predicted octanol–water partition coefficient (Wildman–Crippen LogP) is 1.54. The molecule has 1 unspecified atom stereocenters. The van der Waals surface area contributed by atoms with Gasteiger partial charge in [-0.2, -0.15) is 0 Å². The molecule has 1 heterocycles. The molecular weight excluding hydrogens is 152 g/mol. The molecule has 1 atom stereocenters. The lowest BCUT2D eigenvalue weighted by atomic mass is 10.3. The summed E-state index contributed by atoms with van der Waals surface area (Å²) in [5, 5.41) is 1.69. The fourth-order valence-corrected chi connectivity index (χ4v) is 1.00. The lowest BCUT2D eigenvalue weighted by molar-refractivity contribution is 1.29. The van der Waals surface area contributed by atoms with Gasteiger partial charge in [0, 0.05) is 6.20 Å². The number of nitrogens with zero attached hydrogens (tertiary/aromatic N) is 1. The van der Waals surface area contributed by atoms with Crippen LogP contribution in [0, 0.1) is 6.92 Å². The maximum atomic E-state index is 5.69. The standard InChI is InChI=1S/C6H7ClNP/c1-4-5(9)2-3-8-6(4)7/h2-3H,9H2,1H3. The van der Waals surface area contributed by atoms with E-state index in [1.165, 1.54) is 0 Å². The SMILES string of the molecule is Cc1c(P)ccnc1Cl. The molecule has 1 nitrogen and oxygen atoms in total. The van der Waals surface area contributed by atoms with Gasteiger partial charge in [-0.05, 0) is 23.9 Å². The highest BCUT2D eigenvalue weighted by atomic mass is 35.5. The van der Waals surface area contributed by atoms with Crippen LogP contribution in [0.5, 0.6) is 0 Å². The average Bonchev–Trinajstić information content (AvgIpc) is 1.83. The van der Waals surface area contributed by atoms with Crippen molar-refractivity contribution < 1.29 is 0 Å². The van der Waals surface area contributed by atoms with Crippen LogP contribution in [0.1, 0.15) is 5.56 Å². The van der Waals surface area contributed by atoms with Crippen LogP contribution in [0.2, 0.25) is 5.15 Å². The summed E-state index contributed by atoms with van der Waals surface area (Å²) in [6.07, 6.45) is 1.69. The van der Waals surface area contributed by atoms with Gasteiger partial charge in [0.1, 0.15) is 5.15 Å². The Morgan fingerprint density at radius 3 is 2.78 bits per heavy atom. The van der Waals surface area contributed by atoms with Crippen molar-refractivity contribution in [3.05, 3.63) is 23.0 Å². The van der Waals surface area contributed by atoms with E-state index in [1.54, 1.807) is 6.20 Å². The first-order chi connectivity index (χ1) is 4.22. The van der Waals surface area contributed by atoms with Crippen LogP contribution in [0.25, 0.3) is 0 Å². The maximum Gasteiger partial charge on any atom is 0.132 e. The van der Waals surface area contributed by atoms with Crippen molar-refractivity contribution in [1.82, 2.24) is 4.98 Å². The molecule has 0 saturated heterocycles. The first-order valence-corrected chi connectivity index (χ1v) is 3.54. The van der Waals surface area contributed by atoms with Gasteiger partial charge in [0.2, 0.25) is 0 Å². The van der Waals surface area contributed by atoms with Gasteiger partial charge in [0.05, 0.1) is 0 Å². The summed E-state index contributed by atoms with van der Waals surface area (Å²) >= 11 is 5.69. The Labute approximate surface area is 61.6 Å². The van der Waals surface area contributed by atoms with Crippen LogP contribution < -0.4 is 5.30 Å². The highest BCUT2D eigenvalue weighted by Gasteiger charge is 1.95. The van der Waals surface area contributed by atoms with Crippen LogP contribution >= 0.6 is 20.8 Å². The number of hydrogen-bond acceptors (Lipinski definition) is 1. The molecule has 0 spiro atoms. The lowest BCUT2D eigenvalue weighted by Gasteiger charge is -1.97. The van der Waals surface area contributed by atoms with Gasteiger partial charge < -0.3 is 0 Å². The zero-order valence-electron chi connectivity index (χ0n) is 5.06. The van der Waals surface area contributed by atoms with E-state index in [4.69, 9.17) is 11.6 Å². The average molecular weight is 160 g/mol. The van der Waals surface area contributed by atoms with Crippen molar-refractivity contribution in [2.24, 2.45) is 0 Å². The van der Waals surface area contributed by atoms with E-state index < -0.39 is 0 Å². The Balaban J connectivity index is 3.25. The Morgan fingerprint density at radius 1 is 1.67 bits per heavy atom. The number of halogens is 1. The highest BCUT2D eigenvalue weighted by molar-refractivity contribution is 7.27. The van der Waals surface area contributed by atoms with E-state index in [0.717, 1.165) is 10.9 Å². The van der Waals surface area contributed by atoms with Crippen LogP contribution in [0.3, 0.4) is 0 Å². The second-order valence-corrected chi connectivity index (χ2v) is 2.80. The van der Waals surface area contributed by atoms with Gasteiger partial charge in [0.25, 0.3) is 0 Å². The van der Waals surface area contributed by atoms with E-state index in [2.05, 4.69) is 14.2 Å². The molecule has 0 aliphatic rings. The smallest absolute Gasteiger partial charge is 0.132 e. The second-order valence-electron chi connectivity index (χ2n) is 1.82. The van der Waals surface area contributed by atoms with Crippen LogP contribution in [-0.2, 0) is 0 Å². The van der Waals surface area contributed by atoms with Crippen molar-refractivity contribution in [3.63, 3.8) is 0 Å². The Bertz CT molecular complexity index is 204. The molecule has 3 heteroatoms. The highest BCUT2D eigenvalue weighted by Crippen LogP contribution is 2.09. The van der Waals surface area contributed by atoms with Crippen LogP contribution in [0.15, 0.2) is 12.3 Å². The van der Waals surface area contributed by atoms with E-state index in [-0.39, 0.29) is 0 Å². The molecule has 0 N–H and O–H groups in total. The monoisotopic (exact) mass is 159 g/mol. The minimum Gasteiger partial charge on any atom is -0.244 e. The molecule has 48 valence electrons. The van der Waals surface area contributed by atoms with Gasteiger partial charge in [0.15, 0.2) is 0 Å². The van der Waals surface area contributed by atoms with Crippen molar-refractivity contribution in [3.8, 4) is 0 Å². The number of aromatic nitrogens is 1. The van der Waals surface area contributed by atoms with Gasteiger partial charge in [-0.1, -0.05) is 11.6 Å². The topological polar surface area (TPSA) is 12.9 Å². The largest absolute Gasteiger partial charge is 0.244 e. The summed E-state index contributed by atoms with van der Waals surface area (Å²) in [4.78, 5) is 3.89. The second kappa shape index (κ2) is 2.64. The Hall–Kier alpha value is -0.130. The summed E-state index contributed by atoms with van der Waals surface area (Å²) < 4.78 is 0. The van der Waals surface area contributed by atoms with E-state index in [9.17, 15) is 0 Å². The van der Waals surface area contributed by atoms with Gasteiger partial charge >= 0.3 is 0 Å². The van der Waals surface area contributed by atoms with Crippen molar-refractivity contribution >= 4 is 26.1 Å². The quantitative estimate of drug-likeness (QED) is 0.414. The molecule has 0 aromatic carbocycles. The molecule has 1 aromatic rings. The number of rotatable bonds is 0. The summed E-state index contributed by atoms with van der Waals surface area (Å²) in [7, 11) is 2.60. The third kappa shape index (κ3) is 1.41. The molecule has 9 heavy (non-hydrogen) atoms. The first-order valence-electron chi connectivity index (χ1n) is 2.58. The number of hydrogen-bond donors (Lipinski definition) is 0. The van der Waals surface area contributed by atoms with Crippen molar-refractivity contribution in [2.45, 2.75) is 6.92 Å². The molecule has 1 rings (SSSR count). The maximum absolute atomic E-state index is 5.69. The number of pyridine rings is 1. The molecule has 0 aliphatic carbocycles. The van der Waals surface area contributed by atoms with Crippen molar-refractivity contribution in [2.75, 3.05) is 0 Å². The summed E-state index contributed by atoms with van der Waals surface area (Å²) in [6.45, 7) is 1.94. The van der Waals surface area contributed by atoms with E-state index in [0.29, 0.717) is 5.15 Å². The van der Waals surface area contributed by atoms with E-state index in [1.807, 2.05) is 13.0 Å². The molecule has 0 bridgehead atoms. The third-order valence-corrected chi connectivity index (χ3v) is 2.19. The summed E-state index contributed by atoms with van der Waals surface area (Å²) in [5.41, 5.74) is 1.03. The fourth-order valence-electron chi connectivity index (χ4n) is 0.524. The van der Waals surface area contributed by atoms with Crippen molar-refractivity contribution in [1.29, 1.82) is 0 Å². The Kier molecular flexibility index (Phi) is 2.05. The zero-order valence-corrected chi connectivity index (χ0v) is 6.97. The van der Waals surface area contributed by atoms with Gasteiger partial charge in [-0.15, -0.1) is 9.24 Å². The Morgan fingerprint density at radius 2 is 2.33 bits per heavy atom. The first kappa shape index (κ1) is 6.98. The van der Waals surface area contributed by atoms with Gasteiger partial charge in [-0.3, -0.25) is 0 Å². The molecule has 1 aromatic heterocycles. The molecule has 0 radical (unpaired) electrons. The molecular formula is C6H7ClNP. The summed E-state index contributed by atoms with van der Waals surface area (Å²) in [6, 6.07) is 1.91. The van der Waals surface area contributed by atoms with Crippen LogP contribution in [0.4, 0.5) is 0 Å². The molecule has 0 fully saturated rings. The fraction of sp³-hybridized carbons (Fsp3) is 0.167. The summed E-state index contributed by atoms with van der Waals surface area (Å²) in [5.74, 6) is 0. The lowest BCUT2D eigenvalue weighted by Crippen LogP contribution is -1.97. The molecule has 0 aliphatic heterocycles. The zero-order chi connectivity index (χ0) is 6.85. The normalized spacial score (nSPS) is 9.67. The predicted molar refractivity (Wildman–Crippen MR) is 43.3 cm³/mol. The minimum atomic E-state index is 0.586. The molecule has 0 amide bonds. The third-order valence-electron chi connectivity index (χ3n) is 1.18. The molecule has 0 saturated carbocycles.